The molecule has 2 aliphatic heterocycles. The molecule has 0 aliphatic carbocycles. The maximum absolute atomic E-state index is 10.8. The number of rotatable bonds is 5. The molecule has 0 radical (unpaired) electrons. The maximum atomic E-state index is 10.8. The SMILES string of the molecule is O=C(O)CC1CCN(Cc2ccc([C@H]3COc4cccnc4O3)cc2)CC1. The Morgan fingerprint density at radius 1 is 1.19 bits per heavy atom. The van der Waals surface area contributed by atoms with Gasteiger partial charge in [-0.25, -0.2) is 4.98 Å². The van der Waals surface area contributed by atoms with Crippen LogP contribution in [0.25, 0.3) is 0 Å². The highest BCUT2D eigenvalue weighted by atomic mass is 16.6. The minimum absolute atomic E-state index is 0.145. The van der Waals surface area contributed by atoms with Crippen molar-refractivity contribution in [2.75, 3.05) is 19.7 Å². The minimum atomic E-state index is -0.684. The van der Waals surface area contributed by atoms with E-state index in [1.54, 1.807) is 6.20 Å². The third-order valence-corrected chi connectivity index (χ3v) is 5.31. The summed E-state index contributed by atoms with van der Waals surface area (Å²) in [5.41, 5.74) is 2.33. The van der Waals surface area contributed by atoms with Crippen LogP contribution < -0.4 is 9.47 Å². The van der Waals surface area contributed by atoms with Crippen molar-refractivity contribution in [3.05, 3.63) is 53.7 Å². The van der Waals surface area contributed by atoms with Gasteiger partial charge in [-0.05, 0) is 55.1 Å². The number of hydrogen-bond donors (Lipinski definition) is 1. The van der Waals surface area contributed by atoms with Crippen LogP contribution in [0.15, 0.2) is 42.6 Å². The van der Waals surface area contributed by atoms with E-state index in [0.29, 0.717) is 30.6 Å². The average molecular weight is 368 g/mol. The molecule has 2 aromatic rings. The maximum Gasteiger partial charge on any atom is 0.303 e. The number of carbonyl (C=O) groups is 1. The van der Waals surface area contributed by atoms with Crippen LogP contribution in [0.2, 0.25) is 0 Å². The molecule has 1 saturated heterocycles. The fourth-order valence-electron chi connectivity index (χ4n) is 3.76. The highest BCUT2D eigenvalue weighted by Crippen LogP contribution is 2.34. The van der Waals surface area contributed by atoms with Gasteiger partial charge in [0, 0.05) is 19.2 Å². The van der Waals surface area contributed by atoms with Gasteiger partial charge in [-0.15, -0.1) is 0 Å². The molecule has 1 fully saturated rings. The fraction of sp³-hybridized carbons (Fsp3) is 0.429. The van der Waals surface area contributed by atoms with Crippen molar-refractivity contribution in [2.45, 2.75) is 31.9 Å². The zero-order valence-electron chi connectivity index (χ0n) is 15.2. The molecular weight excluding hydrogens is 344 g/mol. The minimum Gasteiger partial charge on any atom is -0.484 e. The lowest BCUT2D eigenvalue weighted by atomic mass is 9.93. The van der Waals surface area contributed by atoms with Crippen molar-refractivity contribution in [1.29, 1.82) is 0 Å². The van der Waals surface area contributed by atoms with Gasteiger partial charge in [-0.2, -0.15) is 0 Å². The zero-order chi connectivity index (χ0) is 18.6. The summed E-state index contributed by atoms with van der Waals surface area (Å²) in [6.07, 6.45) is 3.78. The van der Waals surface area contributed by atoms with E-state index >= 15 is 0 Å². The molecule has 6 nitrogen and oxygen atoms in total. The van der Waals surface area contributed by atoms with Crippen molar-refractivity contribution in [3.8, 4) is 11.6 Å². The number of piperidine rings is 1. The lowest BCUT2D eigenvalue weighted by Gasteiger charge is -2.31. The quantitative estimate of drug-likeness (QED) is 0.873. The number of pyridine rings is 1. The van der Waals surface area contributed by atoms with E-state index in [1.807, 2.05) is 12.1 Å². The van der Waals surface area contributed by atoms with Crippen LogP contribution in [0.4, 0.5) is 0 Å². The van der Waals surface area contributed by atoms with E-state index in [-0.39, 0.29) is 6.10 Å². The first-order chi connectivity index (χ1) is 13.2. The zero-order valence-corrected chi connectivity index (χ0v) is 15.2. The summed E-state index contributed by atoms with van der Waals surface area (Å²) < 4.78 is 11.7. The lowest BCUT2D eigenvalue weighted by Crippen LogP contribution is -2.33. The molecule has 2 aliphatic rings. The molecule has 0 amide bonds. The molecule has 142 valence electrons. The molecule has 3 heterocycles. The highest BCUT2D eigenvalue weighted by Gasteiger charge is 2.24. The largest absolute Gasteiger partial charge is 0.484 e. The standard InChI is InChI=1S/C21H24N2O4/c24-20(25)12-15-7-10-23(11-8-15)13-16-3-5-17(6-4-16)19-14-26-18-2-1-9-22-21(18)27-19/h1-6,9,15,19H,7-8,10-14H2,(H,24,25)/t19-/m1/s1. The van der Waals surface area contributed by atoms with E-state index in [1.165, 1.54) is 5.56 Å². The molecule has 1 N–H and O–H groups in total. The van der Waals surface area contributed by atoms with Gasteiger partial charge in [0.05, 0.1) is 0 Å². The Labute approximate surface area is 158 Å². The van der Waals surface area contributed by atoms with Crippen LogP contribution >= 0.6 is 0 Å². The van der Waals surface area contributed by atoms with Gasteiger partial charge >= 0.3 is 5.97 Å². The third kappa shape index (κ3) is 4.39. The normalized spacial score (nSPS) is 20.4. The van der Waals surface area contributed by atoms with Gasteiger partial charge in [0.1, 0.15) is 6.61 Å². The van der Waals surface area contributed by atoms with Crippen molar-refractivity contribution in [1.82, 2.24) is 9.88 Å². The molecule has 0 unspecified atom stereocenters. The number of likely N-dealkylation sites (tertiary alicyclic amines) is 1. The molecule has 0 bridgehead atoms. The molecule has 27 heavy (non-hydrogen) atoms. The smallest absolute Gasteiger partial charge is 0.303 e. The Hall–Kier alpha value is -2.60. The second-order valence-corrected chi connectivity index (χ2v) is 7.28. The van der Waals surface area contributed by atoms with Crippen molar-refractivity contribution >= 4 is 5.97 Å². The lowest BCUT2D eigenvalue weighted by molar-refractivity contribution is -0.138. The number of hydrogen-bond acceptors (Lipinski definition) is 5. The first kappa shape index (κ1) is 17.8. The number of aliphatic carboxylic acids is 1. The summed E-state index contributed by atoms with van der Waals surface area (Å²) in [6, 6.07) is 12.2. The van der Waals surface area contributed by atoms with Gasteiger partial charge in [-0.1, -0.05) is 24.3 Å². The fourth-order valence-corrected chi connectivity index (χ4v) is 3.76. The third-order valence-electron chi connectivity index (χ3n) is 5.31. The van der Waals surface area contributed by atoms with Crippen LogP contribution in [0.3, 0.4) is 0 Å². The van der Waals surface area contributed by atoms with Crippen LogP contribution in [-0.4, -0.2) is 40.7 Å². The number of carboxylic acids is 1. The molecule has 1 aromatic heterocycles. The van der Waals surface area contributed by atoms with E-state index in [4.69, 9.17) is 14.6 Å². The number of ether oxygens (including phenoxy) is 2. The number of nitrogens with zero attached hydrogens (tertiary/aromatic N) is 2. The summed E-state index contributed by atoms with van der Waals surface area (Å²) in [7, 11) is 0. The predicted molar refractivity (Wildman–Crippen MR) is 99.8 cm³/mol. The Bertz CT molecular complexity index is 785. The monoisotopic (exact) mass is 368 g/mol. The second kappa shape index (κ2) is 7.96. The summed E-state index contributed by atoms with van der Waals surface area (Å²) >= 11 is 0. The first-order valence-corrected chi connectivity index (χ1v) is 9.45. The van der Waals surface area contributed by atoms with E-state index < -0.39 is 5.97 Å². The molecule has 0 saturated carbocycles. The Morgan fingerprint density at radius 2 is 1.96 bits per heavy atom. The van der Waals surface area contributed by atoms with E-state index in [9.17, 15) is 4.79 Å². The summed E-state index contributed by atoms with van der Waals surface area (Å²) in [5.74, 6) is 0.871. The molecule has 6 heteroatoms. The summed E-state index contributed by atoms with van der Waals surface area (Å²) in [4.78, 5) is 17.5. The van der Waals surface area contributed by atoms with Gasteiger partial charge in [0.2, 0.25) is 0 Å². The number of carboxylic acid groups (broad SMARTS) is 1. The summed E-state index contributed by atoms with van der Waals surface area (Å²) in [5, 5.41) is 8.92. The van der Waals surface area contributed by atoms with Crippen LogP contribution in [0, 0.1) is 5.92 Å². The molecule has 1 atom stereocenters. The topological polar surface area (TPSA) is 71.9 Å². The van der Waals surface area contributed by atoms with Gasteiger partial charge in [-0.3, -0.25) is 9.69 Å². The van der Waals surface area contributed by atoms with Gasteiger partial charge in [0.15, 0.2) is 11.9 Å². The number of aromatic nitrogens is 1. The average Bonchev–Trinajstić information content (AvgIpc) is 2.69. The second-order valence-electron chi connectivity index (χ2n) is 7.28. The van der Waals surface area contributed by atoms with E-state index in [0.717, 1.165) is 38.0 Å². The molecule has 1 aromatic carbocycles. The highest BCUT2D eigenvalue weighted by molar-refractivity contribution is 5.67. The Kier molecular flexibility index (Phi) is 5.25. The number of fused-ring (bicyclic) bond motifs is 1. The van der Waals surface area contributed by atoms with Gasteiger partial charge in [0.25, 0.3) is 5.88 Å². The van der Waals surface area contributed by atoms with Crippen molar-refractivity contribution in [2.24, 2.45) is 5.92 Å². The van der Waals surface area contributed by atoms with Crippen molar-refractivity contribution in [3.63, 3.8) is 0 Å². The molecule has 0 spiro atoms. The molecule has 4 rings (SSSR count). The Balaban J connectivity index is 1.32. The van der Waals surface area contributed by atoms with Crippen LogP contribution in [-0.2, 0) is 11.3 Å². The van der Waals surface area contributed by atoms with E-state index in [2.05, 4.69) is 34.1 Å². The predicted octanol–water partition coefficient (Wildman–Crippen LogP) is 3.28. The Morgan fingerprint density at radius 3 is 2.70 bits per heavy atom. The van der Waals surface area contributed by atoms with Gasteiger partial charge < -0.3 is 14.6 Å². The first-order valence-electron chi connectivity index (χ1n) is 9.45. The van der Waals surface area contributed by atoms with Crippen LogP contribution in [0.5, 0.6) is 11.6 Å². The molecular formula is C21H24N2O4. The summed E-state index contributed by atoms with van der Waals surface area (Å²) in [6.45, 7) is 3.30. The van der Waals surface area contributed by atoms with Crippen LogP contribution in [0.1, 0.15) is 36.5 Å². The number of benzene rings is 1. The van der Waals surface area contributed by atoms with Crippen molar-refractivity contribution < 1.29 is 19.4 Å².